The lowest BCUT2D eigenvalue weighted by molar-refractivity contribution is -0.137. The van der Waals surface area contributed by atoms with Crippen molar-refractivity contribution in [3.05, 3.63) is 29.3 Å². The zero-order valence-electron chi connectivity index (χ0n) is 12.4. The minimum Gasteiger partial charge on any atom is -0.496 e. The molecule has 1 N–H and O–H groups in total. The highest BCUT2D eigenvalue weighted by atomic mass is 16.5. The van der Waals surface area contributed by atoms with Gasteiger partial charge in [0.05, 0.1) is 13.5 Å². The first kappa shape index (κ1) is 15.5. The van der Waals surface area contributed by atoms with Gasteiger partial charge in [0.15, 0.2) is 0 Å². The van der Waals surface area contributed by atoms with Gasteiger partial charge in [-0.3, -0.25) is 4.79 Å². The number of rotatable bonds is 6. The van der Waals surface area contributed by atoms with Crippen LogP contribution in [0.4, 0.5) is 0 Å². The SMILES string of the molecule is COc1cc(C(C)C)ccc1C(CC(=O)O)C(C)C. The lowest BCUT2D eigenvalue weighted by Crippen LogP contribution is -2.13. The van der Waals surface area contributed by atoms with Crippen molar-refractivity contribution < 1.29 is 14.6 Å². The number of ether oxygens (including phenoxy) is 1. The van der Waals surface area contributed by atoms with Gasteiger partial charge in [0.25, 0.3) is 0 Å². The van der Waals surface area contributed by atoms with Crippen LogP contribution in [0.2, 0.25) is 0 Å². The van der Waals surface area contributed by atoms with E-state index in [1.807, 2.05) is 26.0 Å². The molecular weight excluding hydrogens is 240 g/mol. The molecule has 0 heterocycles. The third-order valence-electron chi connectivity index (χ3n) is 3.52. The zero-order chi connectivity index (χ0) is 14.6. The fourth-order valence-electron chi connectivity index (χ4n) is 2.29. The van der Waals surface area contributed by atoms with Crippen LogP contribution in [0.25, 0.3) is 0 Å². The van der Waals surface area contributed by atoms with E-state index in [0.29, 0.717) is 5.92 Å². The van der Waals surface area contributed by atoms with Crippen LogP contribution in [-0.4, -0.2) is 18.2 Å². The van der Waals surface area contributed by atoms with Crippen LogP contribution in [0.3, 0.4) is 0 Å². The predicted molar refractivity (Wildman–Crippen MR) is 76.9 cm³/mol. The summed E-state index contributed by atoms with van der Waals surface area (Å²) in [5.41, 5.74) is 2.20. The molecule has 3 heteroatoms. The Balaban J connectivity index is 3.19. The first-order valence-electron chi connectivity index (χ1n) is 6.76. The molecule has 0 fully saturated rings. The van der Waals surface area contributed by atoms with E-state index in [9.17, 15) is 4.79 Å². The minimum absolute atomic E-state index is 0.0198. The number of hydrogen-bond acceptors (Lipinski definition) is 2. The molecule has 0 radical (unpaired) electrons. The van der Waals surface area contributed by atoms with E-state index in [0.717, 1.165) is 11.3 Å². The van der Waals surface area contributed by atoms with E-state index in [-0.39, 0.29) is 18.3 Å². The van der Waals surface area contributed by atoms with Crippen molar-refractivity contribution >= 4 is 5.97 Å². The first-order valence-corrected chi connectivity index (χ1v) is 6.76. The molecule has 0 spiro atoms. The van der Waals surface area contributed by atoms with E-state index in [1.165, 1.54) is 5.56 Å². The lowest BCUT2D eigenvalue weighted by Gasteiger charge is -2.23. The molecule has 0 saturated heterocycles. The molecule has 0 bridgehead atoms. The molecule has 0 saturated carbocycles. The van der Waals surface area contributed by atoms with Crippen LogP contribution in [-0.2, 0) is 4.79 Å². The number of benzene rings is 1. The van der Waals surface area contributed by atoms with Gasteiger partial charge in [0.2, 0.25) is 0 Å². The smallest absolute Gasteiger partial charge is 0.303 e. The third-order valence-corrected chi connectivity index (χ3v) is 3.52. The molecule has 3 nitrogen and oxygen atoms in total. The molecule has 1 aromatic rings. The molecule has 0 amide bonds. The summed E-state index contributed by atoms with van der Waals surface area (Å²) in [5, 5.41) is 9.06. The Kier molecular flexibility index (Phi) is 5.40. The number of carboxylic acids is 1. The van der Waals surface area contributed by atoms with Crippen molar-refractivity contribution in [2.24, 2.45) is 5.92 Å². The van der Waals surface area contributed by atoms with E-state index in [1.54, 1.807) is 7.11 Å². The second-order valence-electron chi connectivity index (χ2n) is 5.60. The largest absolute Gasteiger partial charge is 0.496 e. The van der Waals surface area contributed by atoms with Crippen LogP contribution in [0.1, 0.15) is 57.1 Å². The average Bonchev–Trinajstić information content (AvgIpc) is 2.34. The summed E-state index contributed by atoms with van der Waals surface area (Å²) in [4.78, 5) is 11.0. The van der Waals surface area contributed by atoms with Crippen LogP contribution >= 0.6 is 0 Å². The average molecular weight is 264 g/mol. The van der Waals surface area contributed by atoms with Gasteiger partial charge in [0.1, 0.15) is 5.75 Å². The molecule has 0 aromatic heterocycles. The van der Waals surface area contributed by atoms with Crippen molar-refractivity contribution in [1.82, 2.24) is 0 Å². The van der Waals surface area contributed by atoms with Gasteiger partial charge in [-0.25, -0.2) is 0 Å². The predicted octanol–water partition coefficient (Wildman–Crippen LogP) is 4.03. The van der Waals surface area contributed by atoms with Crippen molar-refractivity contribution in [2.45, 2.75) is 46.0 Å². The Labute approximate surface area is 115 Å². The van der Waals surface area contributed by atoms with Crippen molar-refractivity contribution in [3.63, 3.8) is 0 Å². The first-order chi connectivity index (χ1) is 8.86. The maximum Gasteiger partial charge on any atom is 0.303 e. The van der Waals surface area contributed by atoms with Crippen LogP contribution in [0.15, 0.2) is 18.2 Å². The summed E-state index contributed by atoms with van der Waals surface area (Å²) in [6.07, 6.45) is 0.134. The summed E-state index contributed by atoms with van der Waals surface area (Å²) >= 11 is 0. The third kappa shape index (κ3) is 3.98. The van der Waals surface area contributed by atoms with Gasteiger partial charge in [-0.05, 0) is 29.0 Å². The molecule has 1 unspecified atom stereocenters. The quantitative estimate of drug-likeness (QED) is 0.843. The Bertz CT molecular complexity index is 436. The Morgan fingerprint density at radius 1 is 1.26 bits per heavy atom. The van der Waals surface area contributed by atoms with Gasteiger partial charge in [-0.1, -0.05) is 39.8 Å². The molecule has 0 aliphatic rings. The molecule has 1 rings (SSSR count). The van der Waals surface area contributed by atoms with Gasteiger partial charge >= 0.3 is 5.97 Å². The van der Waals surface area contributed by atoms with E-state index in [4.69, 9.17) is 9.84 Å². The molecule has 19 heavy (non-hydrogen) atoms. The molecule has 0 aliphatic carbocycles. The number of methoxy groups -OCH3 is 1. The fourth-order valence-corrected chi connectivity index (χ4v) is 2.29. The maximum absolute atomic E-state index is 11.0. The molecular formula is C16H24O3. The Morgan fingerprint density at radius 3 is 2.32 bits per heavy atom. The highest BCUT2D eigenvalue weighted by Crippen LogP contribution is 2.36. The summed E-state index contributed by atoms with van der Waals surface area (Å²) in [6.45, 7) is 8.35. The summed E-state index contributed by atoms with van der Waals surface area (Å²) < 4.78 is 5.46. The number of carboxylic acid groups (broad SMARTS) is 1. The number of aliphatic carboxylic acids is 1. The van der Waals surface area contributed by atoms with E-state index < -0.39 is 5.97 Å². The second kappa shape index (κ2) is 6.60. The number of carbonyl (C=O) groups is 1. The summed E-state index contributed by atoms with van der Waals surface area (Å²) in [6, 6.07) is 6.11. The highest BCUT2D eigenvalue weighted by Gasteiger charge is 2.23. The van der Waals surface area contributed by atoms with E-state index in [2.05, 4.69) is 19.9 Å². The van der Waals surface area contributed by atoms with Crippen molar-refractivity contribution in [3.8, 4) is 5.75 Å². The Morgan fingerprint density at radius 2 is 1.89 bits per heavy atom. The van der Waals surface area contributed by atoms with Gasteiger partial charge in [0, 0.05) is 5.92 Å². The highest BCUT2D eigenvalue weighted by molar-refractivity contribution is 5.68. The molecule has 1 aromatic carbocycles. The Hall–Kier alpha value is -1.51. The maximum atomic E-state index is 11.0. The van der Waals surface area contributed by atoms with Crippen molar-refractivity contribution in [2.75, 3.05) is 7.11 Å². The molecule has 1 atom stereocenters. The summed E-state index contributed by atoms with van der Waals surface area (Å²) in [7, 11) is 1.64. The van der Waals surface area contributed by atoms with Gasteiger partial charge < -0.3 is 9.84 Å². The summed E-state index contributed by atoms with van der Waals surface area (Å²) in [5.74, 6) is 0.698. The lowest BCUT2D eigenvalue weighted by atomic mass is 9.84. The molecule has 106 valence electrons. The van der Waals surface area contributed by atoms with E-state index >= 15 is 0 Å². The molecule has 0 aliphatic heterocycles. The standard InChI is InChI=1S/C16H24O3/c1-10(2)12-6-7-13(15(8-12)19-5)14(11(3)4)9-16(17)18/h6-8,10-11,14H,9H2,1-5H3,(H,17,18). The van der Waals surface area contributed by atoms with Gasteiger partial charge in [-0.2, -0.15) is 0 Å². The normalized spacial score (nSPS) is 12.8. The van der Waals surface area contributed by atoms with Crippen molar-refractivity contribution in [1.29, 1.82) is 0 Å². The fraction of sp³-hybridized carbons (Fsp3) is 0.562. The van der Waals surface area contributed by atoms with Gasteiger partial charge in [-0.15, -0.1) is 0 Å². The van der Waals surface area contributed by atoms with Crippen LogP contribution in [0.5, 0.6) is 5.75 Å². The monoisotopic (exact) mass is 264 g/mol. The zero-order valence-corrected chi connectivity index (χ0v) is 12.4. The minimum atomic E-state index is -0.770. The topological polar surface area (TPSA) is 46.5 Å². The second-order valence-corrected chi connectivity index (χ2v) is 5.60. The number of hydrogen-bond donors (Lipinski definition) is 1. The van der Waals surface area contributed by atoms with Crippen LogP contribution < -0.4 is 4.74 Å². The van der Waals surface area contributed by atoms with Crippen LogP contribution in [0, 0.1) is 5.92 Å².